The topological polar surface area (TPSA) is 49.4 Å². The third-order valence-electron chi connectivity index (χ3n) is 5.26. The van der Waals surface area contributed by atoms with Crippen molar-refractivity contribution in [3.8, 4) is 0 Å². The molecule has 20 heavy (non-hydrogen) atoms. The van der Waals surface area contributed by atoms with Gasteiger partial charge in [0.05, 0.1) is 0 Å². The smallest absolute Gasteiger partial charge is 0.225 e. The van der Waals surface area contributed by atoms with Crippen LogP contribution < -0.4 is 5.32 Å². The SMILES string of the molecule is CC(C)C(=O)N1CCC(NC(=O)C2CC3CC3C2)CC1. The zero-order valence-electron chi connectivity index (χ0n) is 12.6. The predicted molar refractivity (Wildman–Crippen MR) is 76.9 cm³/mol. The van der Waals surface area contributed by atoms with Crippen LogP contribution in [0.3, 0.4) is 0 Å². The summed E-state index contributed by atoms with van der Waals surface area (Å²) in [5, 5.41) is 3.21. The Kier molecular flexibility index (Phi) is 3.74. The molecular formula is C16H26N2O2. The van der Waals surface area contributed by atoms with Gasteiger partial charge in [0, 0.05) is 31.0 Å². The molecule has 0 aromatic rings. The molecule has 112 valence electrons. The first-order valence-electron chi connectivity index (χ1n) is 8.13. The summed E-state index contributed by atoms with van der Waals surface area (Å²) < 4.78 is 0. The van der Waals surface area contributed by atoms with Crippen molar-refractivity contribution in [3.05, 3.63) is 0 Å². The lowest BCUT2D eigenvalue weighted by Gasteiger charge is -2.34. The van der Waals surface area contributed by atoms with E-state index in [9.17, 15) is 9.59 Å². The van der Waals surface area contributed by atoms with E-state index in [-0.39, 0.29) is 29.7 Å². The Balaban J connectivity index is 1.42. The number of amides is 2. The van der Waals surface area contributed by atoms with Crippen LogP contribution >= 0.6 is 0 Å². The lowest BCUT2D eigenvalue weighted by molar-refractivity contribution is -0.135. The molecule has 3 rings (SSSR count). The summed E-state index contributed by atoms with van der Waals surface area (Å²) in [4.78, 5) is 26.1. The standard InChI is InChI=1S/C16H26N2O2/c1-10(2)16(20)18-5-3-14(4-6-18)17-15(19)13-8-11-7-12(11)9-13/h10-14H,3-9H2,1-2H3,(H,17,19). The summed E-state index contributed by atoms with van der Waals surface area (Å²) in [5.41, 5.74) is 0. The normalized spacial score (nSPS) is 33.1. The Morgan fingerprint density at radius 3 is 2.20 bits per heavy atom. The maximum absolute atomic E-state index is 12.2. The molecule has 0 aromatic carbocycles. The first-order chi connectivity index (χ1) is 9.54. The van der Waals surface area contributed by atoms with Gasteiger partial charge in [0.2, 0.25) is 11.8 Å². The van der Waals surface area contributed by atoms with E-state index >= 15 is 0 Å². The van der Waals surface area contributed by atoms with Gasteiger partial charge in [-0.2, -0.15) is 0 Å². The van der Waals surface area contributed by atoms with E-state index in [4.69, 9.17) is 0 Å². The van der Waals surface area contributed by atoms with Crippen molar-refractivity contribution < 1.29 is 9.59 Å². The average molecular weight is 278 g/mol. The quantitative estimate of drug-likeness (QED) is 0.855. The number of fused-ring (bicyclic) bond motifs is 1. The van der Waals surface area contributed by atoms with Crippen LogP contribution in [-0.4, -0.2) is 35.8 Å². The number of carbonyl (C=O) groups excluding carboxylic acids is 2. The van der Waals surface area contributed by atoms with Gasteiger partial charge >= 0.3 is 0 Å². The molecular weight excluding hydrogens is 252 g/mol. The Labute approximate surface area is 121 Å². The number of carbonyl (C=O) groups is 2. The lowest BCUT2D eigenvalue weighted by Crippen LogP contribution is -2.48. The van der Waals surface area contributed by atoms with Crippen LogP contribution in [0.4, 0.5) is 0 Å². The van der Waals surface area contributed by atoms with Gasteiger partial charge in [-0.3, -0.25) is 9.59 Å². The van der Waals surface area contributed by atoms with Crippen LogP contribution in [0.15, 0.2) is 0 Å². The van der Waals surface area contributed by atoms with E-state index in [0.717, 1.165) is 50.6 Å². The minimum absolute atomic E-state index is 0.0753. The van der Waals surface area contributed by atoms with Crippen LogP contribution in [0, 0.1) is 23.7 Å². The van der Waals surface area contributed by atoms with Gasteiger partial charge in [0.1, 0.15) is 0 Å². The Morgan fingerprint density at radius 2 is 1.65 bits per heavy atom. The molecule has 0 radical (unpaired) electrons. The molecule has 2 aliphatic carbocycles. The third-order valence-corrected chi connectivity index (χ3v) is 5.26. The predicted octanol–water partition coefficient (Wildman–Crippen LogP) is 1.80. The van der Waals surface area contributed by atoms with Crippen LogP contribution in [0.5, 0.6) is 0 Å². The van der Waals surface area contributed by atoms with Gasteiger partial charge in [-0.25, -0.2) is 0 Å². The highest BCUT2D eigenvalue weighted by molar-refractivity contribution is 5.80. The summed E-state index contributed by atoms with van der Waals surface area (Å²) in [6.45, 7) is 5.47. The van der Waals surface area contributed by atoms with E-state index in [1.54, 1.807) is 0 Å². The molecule has 3 aliphatic rings. The molecule has 2 unspecified atom stereocenters. The number of piperidine rings is 1. The molecule has 1 heterocycles. The molecule has 2 saturated carbocycles. The third kappa shape index (κ3) is 2.84. The van der Waals surface area contributed by atoms with Gasteiger partial charge in [0.15, 0.2) is 0 Å². The van der Waals surface area contributed by atoms with Crippen LogP contribution in [-0.2, 0) is 9.59 Å². The number of rotatable bonds is 3. The van der Waals surface area contributed by atoms with Crippen molar-refractivity contribution in [3.63, 3.8) is 0 Å². The van der Waals surface area contributed by atoms with Gasteiger partial charge < -0.3 is 10.2 Å². The average Bonchev–Trinajstić information content (AvgIpc) is 3.05. The number of likely N-dealkylation sites (tertiary alicyclic amines) is 1. The van der Waals surface area contributed by atoms with E-state index in [1.807, 2.05) is 18.7 Å². The fourth-order valence-corrected chi connectivity index (χ4v) is 3.86. The highest BCUT2D eigenvalue weighted by atomic mass is 16.2. The number of nitrogens with zero attached hydrogens (tertiary/aromatic N) is 1. The molecule has 4 heteroatoms. The minimum atomic E-state index is 0.0753. The summed E-state index contributed by atoms with van der Waals surface area (Å²) in [6.07, 6.45) is 5.40. The van der Waals surface area contributed by atoms with Crippen molar-refractivity contribution in [1.29, 1.82) is 0 Å². The molecule has 0 bridgehead atoms. The molecule has 0 spiro atoms. The van der Waals surface area contributed by atoms with Crippen molar-refractivity contribution in [2.75, 3.05) is 13.1 Å². The lowest BCUT2D eigenvalue weighted by atomic mass is 9.99. The molecule has 2 atom stereocenters. The van der Waals surface area contributed by atoms with E-state index in [0.29, 0.717) is 0 Å². The van der Waals surface area contributed by atoms with Gasteiger partial charge in [0.25, 0.3) is 0 Å². The second kappa shape index (κ2) is 5.38. The van der Waals surface area contributed by atoms with Crippen LogP contribution in [0.25, 0.3) is 0 Å². The molecule has 2 amide bonds. The van der Waals surface area contributed by atoms with E-state index in [2.05, 4.69) is 5.32 Å². The Morgan fingerprint density at radius 1 is 1.05 bits per heavy atom. The number of hydrogen-bond donors (Lipinski definition) is 1. The second-order valence-electron chi connectivity index (χ2n) is 7.19. The molecule has 3 fully saturated rings. The molecule has 1 aliphatic heterocycles. The maximum Gasteiger partial charge on any atom is 0.225 e. The van der Waals surface area contributed by atoms with E-state index < -0.39 is 0 Å². The van der Waals surface area contributed by atoms with Gasteiger partial charge in [-0.15, -0.1) is 0 Å². The highest BCUT2D eigenvalue weighted by Crippen LogP contribution is 2.54. The zero-order chi connectivity index (χ0) is 14.3. The molecule has 1 saturated heterocycles. The van der Waals surface area contributed by atoms with Crippen molar-refractivity contribution >= 4 is 11.8 Å². The van der Waals surface area contributed by atoms with Crippen LogP contribution in [0.2, 0.25) is 0 Å². The summed E-state index contributed by atoms with van der Waals surface area (Å²) in [5.74, 6) is 2.57. The first kappa shape index (κ1) is 13.9. The van der Waals surface area contributed by atoms with Gasteiger partial charge in [-0.1, -0.05) is 13.8 Å². The molecule has 1 N–H and O–H groups in total. The highest BCUT2D eigenvalue weighted by Gasteiger charge is 2.48. The molecule has 4 nitrogen and oxygen atoms in total. The van der Waals surface area contributed by atoms with Crippen LogP contribution in [0.1, 0.15) is 46.0 Å². The van der Waals surface area contributed by atoms with E-state index in [1.165, 1.54) is 6.42 Å². The summed E-state index contributed by atoms with van der Waals surface area (Å²) in [7, 11) is 0. The Bertz CT molecular complexity index is 389. The number of hydrogen-bond acceptors (Lipinski definition) is 2. The summed E-state index contributed by atoms with van der Waals surface area (Å²) >= 11 is 0. The monoisotopic (exact) mass is 278 g/mol. The zero-order valence-corrected chi connectivity index (χ0v) is 12.6. The Hall–Kier alpha value is -1.06. The van der Waals surface area contributed by atoms with Crippen molar-refractivity contribution in [2.45, 2.75) is 52.0 Å². The summed E-state index contributed by atoms with van der Waals surface area (Å²) in [6, 6.07) is 0.274. The van der Waals surface area contributed by atoms with Gasteiger partial charge in [-0.05, 0) is 43.9 Å². The number of nitrogens with one attached hydrogen (secondary N) is 1. The maximum atomic E-state index is 12.2. The second-order valence-corrected chi connectivity index (χ2v) is 7.19. The minimum Gasteiger partial charge on any atom is -0.353 e. The first-order valence-corrected chi connectivity index (χ1v) is 8.13. The fraction of sp³-hybridized carbons (Fsp3) is 0.875. The largest absolute Gasteiger partial charge is 0.353 e. The fourth-order valence-electron chi connectivity index (χ4n) is 3.86. The van der Waals surface area contributed by atoms with Crippen molar-refractivity contribution in [1.82, 2.24) is 10.2 Å². The van der Waals surface area contributed by atoms with Crippen molar-refractivity contribution in [2.24, 2.45) is 23.7 Å². The molecule has 0 aromatic heterocycles.